The van der Waals surface area contributed by atoms with Crippen molar-refractivity contribution in [3.63, 3.8) is 0 Å². The van der Waals surface area contributed by atoms with Crippen LogP contribution in [0, 0.1) is 16.2 Å². The van der Waals surface area contributed by atoms with Gasteiger partial charge in [0.05, 0.1) is 5.84 Å². The molecule has 1 spiro atoms. The summed E-state index contributed by atoms with van der Waals surface area (Å²) in [7, 11) is 0. The molecule has 0 radical (unpaired) electrons. The molecule has 1 saturated heterocycles. The minimum atomic E-state index is -0.125. The Hall–Kier alpha value is -0.570. The van der Waals surface area contributed by atoms with Crippen LogP contribution in [0.1, 0.15) is 71.6 Å². The molecule has 0 atom stereocenters. The van der Waals surface area contributed by atoms with Crippen LogP contribution in [0.4, 0.5) is 0 Å². The van der Waals surface area contributed by atoms with E-state index in [-0.39, 0.29) is 5.41 Å². The molecule has 1 aliphatic heterocycles. The number of rotatable bonds is 5. The molecule has 0 bridgehead atoms. The van der Waals surface area contributed by atoms with E-state index < -0.39 is 0 Å². The molecular weight excluding hydrogens is 246 g/mol. The predicted octanol–water partition coefficient (Wildman–Crippen LogP) is 3.78. The van der Waals surface area contributed by atoms with E-state index in [1.54, 1.807) is 0 Å². The molecule has 2 fully saturated rings. The van der Waals surface area contributed by atoms with Crippen molar-refractivity contribution < 1.29 is 0 Å². The van der Waals surface area contributed by atoms with Crippen LogP contribution < -0.4 is 5.73 Å². The summed E-state index contributed by atoms with van der Waals surface area (Å²) < 4.78 is 0. The number of hydrogen-bond donors (Lipinski definition) is 2. The van der Waals surface area contributed by atoms with E-state index in [1.807, 2.05) is 0 Å². The fraction of sp³-hybridized carbons (Fsp3) is 0.941. The molecule has 2 aliphatic rings. The molecule has 0 amide bonds. The monoisotopic (exact) mass is 279 g/mol. The number of likely N-dealkylation sites (tertiary alicyclic amines) is 1. The number of hydrogen-bond acceptors (Lipinski definition) is 2. The first-order chi connectivity index (χ1) is 9.44. The Morgan fingerprint density at radius 1 is 1.10 bits per heavy atom. The van der Waals surface area contributed by atoms with Gasteiger partial charge in [-0.2, -0.15) is 0 Å². The molecule has 0 aromatic carbocycles. The van der Waals surface area contributed by atoms with E-state index >= 15 is 0 Å². The summed E-state index contributed by atoms with van der Waals surface area (Å²) in [5.41, 5.74) is 6.24. The highest BCUT2D eigenvalue weighted by molar-refractivity contribution is 5.82. The van der Waals surface area contributed by atoms with Crippen molar-refractivity contribution in [3.05, 3.63) is 0 Å². The van der Waals surface area contributed by atoms with Gasteiger partial charge in [-0.05, 0) is 63.6 Å². The molecule has 0 aromatic rings. The minimum Gasteiger partial charge on any atom is -0.387 e. The van der Waals surface area contributed by atoms with Crippen LogP contribution in [0.25, 0.3) is 0 Å². The van der Waals surface area contributed by atoms with E-state index in [1.165, 1.54) is 71.0 Å². The third-order valence-electron chi connectivity index (χ3n) is 5.84. The number of amidine groups is 1. The Balaban J connectivity index is 1.68. The van der Waals surface area contributed by atoms with Gasteiger partial charge in [0.2, 0.25) is 0 Å². The van der Waals surface area contributed by atoms with Crippen molar-refractivity contribution in [2.24, 2.45) is 16.6 Å². The van der Waals surface area contributed by atoms with Crippen LogP contribution in [0.5, 0.6) is 0 Å². The van der Waals surface area contributed by atoms with Crippen molar-refractivity contribution in [3.8, 4) is 0 Å². The van der Waals surface area contributed by atoms with Crippen molar-refractivity contribution >= 4 is 5.84 Å². The van der Waals surface area contributed by atoms with Gasteiger partial charge in [0.1, 0.15) is 0 Å². The first-order valence-corrected chi connectivity index (χ1v) is 8.51. The highest BCUT2D eigenvalue weighted by Crippen LogP contribution is 2.44. The van der Waals surface area contributed by atoms with Gasteiger partial charge in [-0.1, -0.05) is 33.1 Å². The van der Waals surface area contributed by atoms with Gasteiger partial charge in [-0.3, -0.25) is 5.41 Å². The lowest BCUT2D eigenvalue weighted by molar-refractivity contribution is 0.0662. The zero-order chi connectivity index (χ0) is 14.6. The van der Waals surface area contributed by atoms with Gasteiger partial charge in [-0.15, -0.1) is 0 Å². The third-order valence-corrected chi connectivity index (χ3v) is 5.84. The predicted molar refractivity (Wildman–Crippen MR) is 86.1 cm³/mol. The topological polar surface area (TPSA) is 53.1 Å². The maximum absolute atomic E-state index is 7.61. The SMILES string of the molecule is CC(C)(CCCN1CCC2(CCCCC2)CC1)C(=N)N. The average molecular weight is 279 g/mol. The number of nitrogens with zero attached hydrogens (tertiary/aromatic N) is 1. The molecule has 0 unspecified atom stereocenters. The van der Waals surface area contributed by atoms with E-state index in [0.29, 0.717) is 11.3 Å². The molecule has 116 valence electrons. The van der Waals surface area contributed by atoms with Gasteiger partial charge >= 0.3 is 0 Å². The number of piperidine rings is 1. The van der Waals surface area contributed by atoms with Crippen LogP contribution in [0.2, 0.25) is 0 Å². The summed E-state index contributed by atoms with van der Waals surface area (Å²) in [4.78, 5) is 2.63. The summed E-state index contributed by atoms with van der Waals surface area (Å²) >= 11 is 0. The van der Waals surface area contributed by atoms with Gasteiger partial charge < -0.3 is 10.6 Å². The summed E-state index contributed by atoms with van der Waals surface area (Å²) in [5.74, 6) is 0.331. The molecule has 3 heteroatoms. The Kier molecular flexibility index (Phi) is 5.11. The molecule has 1 saturated carbocycles. The highest BCUT2D eigenvalue weighted by atomic mass is 15.1. The second kappa shape index (κ2) is 6.46. The fourth-order valence-electron chi connectivity index (χ4n) is 3.93. The number of nitrogens with two attached hydrogens (primary N) is 1. The lowest BCUT2D eigenvalue weighted by Crippen LogP contribution is -2.41. The van der Waals surface area contributed by atoms with Crippen LogP contribution >= 0.6 is 0 Å². The van der Waals surface area contributed by atoms with Gasteiger partial charge in [-0.25, -0.2) is 0 Å². The first-order valence-electron chi connectivity index (χ1n) is 8.51. The number of nitrogens with one attached hydrogen (secondary N) is 1. The zero-order valence-corrected chi connectivity index (χ0v) is 13.5. The Labute approximate surface area is 124 Å². The zero-order valence-electron chi connectivity index (χ0n) is 13.5. The van der Waals surface area contributed by atoms with E-state index in [2.05, 4.69) is 18.7 Å². The summed E-state index contributed by atoms with van der Waals surface area (Å²) in [6.07, 6.45) is 12.4. The van der Waals surface area contributed by atoms with Gasteiger partial charge in [0, 0.05) is 5.41 Å². The third kappa shape index (κ3) is 3.97. The highest BCUT2D eigenvalue weighted by Gasteiger charge is 2.35. The van der Waals surface area contributed by atoms with Crippen LogP contribution in [0.3, 0.4) is 0 Å². The van der Waals surface area contributed by atoms with E-state index in [4.69, 9.17) is 11.1 Å². The largest absolute Gasteiger partial charge is 0.387 e. The van der Waals surface area contributed by atoms with Crippen molar-refractivity contribution in [1.29, 1.82) is 5.41 Å². The first kappa shape index (κ1) is 15.8. The molecule has 1 heterocycles. The Bertz CT molecular complexity index is 319. The van der Waals surface area contributed by atoms with Crippen molar-refractivity contribution in [1.82, 2.24) is 4.90 Å². The van der Waals surface area contributed by atoms with Crippen LogP contribution in [0.15, 0.2) is 0 Å². The summed E-state index contributed by atoms with van der Waals surface area (Å²) in [6.45, 7) is 7.94. The Morgan fingerprint density at radius 2 is 1.70 bits per heavy atom. The standard InChI is InChI=1S/C17H33N3/c1-16(2,15(18)19)7-6-12-20-13-10-17(11-14-20)8-4-3-5-9-17/h3-14H2,1-2H3,(H3,18,19). The molecule has 20 heavy (non-hydrogen) atoms. The summed E-state index contributed by atoms with van der Waals surface area (Å²) in [6, 6.07) is 0. The Morgan fingerprint density at radius 3 is 2.25 bits per heavy atom. The lowest BCUT2D eigenvalue weighted by atomic mass is 9.68. The molecule has 3 N–H and O–H groups in total. The maximum Gasteiger partial charge on any atom is 0.0963 e. The fourth-order valence-corrected chi connectivity index (χ4v) is 3.93. The minimum absolute atomic E-state index is 0.125. The quantitative estimate of drug-likeness (QED) is 0.594. The molecule has 0 aromatic heterocycles. The van der Waals surface area contributed by atoms with Crippen LogP contribution in [-0.2, 0) is 0 Å². The van der Waals surface area contributed by atoms with E-state index in [9.17, 15) is 0 Å². The normalized spacial score (nSPS) is 23.9. The smallest absolute Gasteiger partial charge is 0.0963 e. The molecule has 3 nitrogen and oxygen atoms in total. The maximum atomic E-state index is 7.61. The van der Waals surface area contributed by atoms with Crippen LogP contribution in [-0.4, -0.2) is 30.4 Å². The van der Waals surface area contributed by atoms with Gasteiger partial charge in [0.15, 0.2) is 0 Å². The lowest BCUT2D eigenvalue weighted by Gasteiger charge is -2.44. The molecule has 2 rings (SSSR count). The second-order valence-corrected chi connectivity index (χ2v) is 7.80. The van der Waals surface area contributed by atoms with Gasteiger partial charge in [0.25, 0.3) is 0 Å². The van der Waals surface area contributed by atoms with Crippen molar-refractivity contribution in [2.45, 2.75) is 71.6 Å². The molecular formula is C17H33N3. The molecule has 1 aliphatic carbocycles. The van der Waals surface area contributed by atoms with Crippen molar-refractivity contribution in [2.75, 3.05) is 19.6 Å². The second-order valence-electron chi connectivity index (χ2n) is 7.80. The average Bonchev–Trinajstić information content (AvgIpc) is 2.42. The summed E-state index contributed by atoms with van der Waals surface area (Å²) in [5, 5.41) is 7.61. The van der Waals surface area contributed by atoms with E-state index in [0.717, 1.165) is 6.42 Å².